The van der Waals surface area contributed by atoms with E-state index in [0.717, 1.165) is 24.7 Å². The molecule has 2 aliphatic rings. The summed E-state index contributed by atoms with van der Waals surface area (Å²) in [6, 6.07) is 0. The van der Waals surface area contributed by atoms with Gasteiger partial charge in [-0.15, -0.1) is 0 Å². The molecule has 0 spiro atoms. The molecule has 0 aromatic rings. The van der Waals surface area contributed by atoms with Crippen molar-refractivity contribution in [1.29, 1.82) is 0 Å². The Balaban J connectivity index is 1.62. The molecule has 0 radical (unpaired) electrons. The van der Waals surface area contributed by atoms with Gasteiger partial charge in [0.1, 0.15) is 0 Å². The van der Waals surface area contributed by atoms with E-state index in [1.54, 1.807) is 0 Å². The molecule has 5 heteroatoms. The van der Waals surface area contributed by atoms with E-state index in [-0.39, 0.29) is 24.8 Å². The van der Waals surface area contributed by atoms with Gasteiger partial charge < -0.3 is 15.5 Å². The molecule has 90 valence electrons. The highest BCUT2D eigenvalue weighted by atomic mass is 16.4. The third-order valence-electron chi connectivity index (χ3n) is 3.62. The van der Waals surface area contributed by atoms with Crippen molar-refractivity contribution in [2.24, 2.45) is 17.8 Å². The summed E-state index contributed by atoms with van der Waals surface area (Å²) in [6.07, 6.45) is 1.94. The molecule has 0 saturated heterocycles. The molecule has 5 nitrogen and oxygen atoms in total. The summed E-state index contributed by atoms with van der Waals surface area (Å²) >= 11 is 0. The van der Waals surface area contributed by atoms with Crippen LogP contribution in [0.25, 0.3) is 0 Å². The maximum Gasteiger partial charge on any atom is 0.332 e. The van der Waals surface area contributed by atoms with Crippen LogP contribution in [0.1, 0.15) is 25.7 Å². The number of aliphatic hydroxyl groups excluding tert-OH is 1. The summed E-state index contributed by atoms with van der Waals surface area (Å²) in [5.41, 5.74) is 0. The largest absolute Gasteiger partial charge is 0.479 e. The van der Waals surface area contributed by atoms with Crippen LogP contribution in [0.2, 0.25) is 0 Å². The van der Waals surface area contributed by atoms with Crippen molar-refractivity contribution in [1.82, 2.24) is 5.32 Å². The first-order valence-electron chi connectivity index (χ1n) is 5.76. The van der Waals surface area contributed by atoms with Crippen molar-refractivity contribution in [3.63, 3.8) is 0 Å². The van der Waals surface area contributed by atoms with Gasteiger partial charge in [0.05, 0.1) is 0 Å². The second-order valence-corrected chi connectivity index (χ2v) is 4.86. The topological polar surface area (TPSA) is 86.6 Å². The Bertz CT molecular complexity index is 294. The Morgan fingerprint density at radius 3 is 2.44 bits per heavy atom. The minimum atomic E-state index is -1.38. The fraction of sp³-hybridized carbons (Fsp3) is 0.818. The number of nitrogens with one attached hydrogen (secondary N) is 1. The average molecular weight is 227 g/mol. The molecule has 2 aliphatic carbocycles. The van der Waals surface area contributed by atoms with Gasteiger partial charge in [-0.3, -0.25) is 4.79 Å². The van der Waals surface area contributed by atoms with Crippen LogP contribution in [0.3, 0.4) is 0 Å². The number of hydrogen-bond acceptors (Lipinski definition) is 3. The first kappa shape index (κ1) is 11.4. The summed E-state index contributed by atoms with van der Waals surface area (Å²) in [5.74, 6) is 0.424. The molecule has 1 amide bonds. The molecule has 0 aromatic heterocycles. The SMILES string of the molecule is O=C(O)C(O)CCNC(=O)C1CC2CC2C1. The number of hydrogen-bond donors (Lipinski definition) is 3. The van der Waals surface area contributed by atoms with Crippen LogP contribution in [0, 0.1) is 17.8 Å². The predicted octanol–water partition coefficient (Wildman–Crippen LogP) is -0.0157. The van der Waals surface area contributed by atoms with Crippen LogP contribution >= 0.6 is 0 Å². The summed E-state index contributed by atoms with van der Waals surface area (Å²) in [5, 5.41) is 20.1. The van der Waals surface area contributed by atoms with Crippen LogP contribution in [0.15, 0.2) is 0 Å². The Hall–Kier alpha value is -1.10. The molecule has 2 fully saturated rings. The number of carboxylic acid groups (broad SMARTS) is 1. The van der Waals surface area contributed by atoms with Crippen molar-refractivity contribution in [2.75, 3.05) is 6.54 Å². The zero-order valence-corrected chi connectivity index (χ0v) is 9.06. The molecule has 0 aliphatic heterocycles. The number of fused-ring (bicyclic) bond motifs is 1. The van der Waals surface area contributed by atoms with Crippen molar-refractivity contribution < 1.29 is 19.8 Å². The lowest BCUT2D eigenvalue weighted by Gasteiger charge is -2.12. The van der Waals surface area contributed by atoms with E-state index >= 15 is 0 Å². The molecular weight excluding hydrogens is 210 g/mol. The Kier molecular flexibility index (Phi) is 3.14. The molecule has 0 bridgehead atoms. The van der Waals surface area contributed by atoms with Crippen molar-refractivity contribution >= 4 is 11.9 Å². The van der Waals surface area contributed by atoms with E-state index in [1.165, 1.54) is 6.42 Å². The number of carbonyl (C=O) groups is 2. The number of aliphatic hydroxyl groups is 1. The number of rotatable bonds is 5. The van der Waals surface area contributed by atoms with Gasteiger partial charge in [-0.1, -0.05) is 0 Å². The minimum absolute atomic E-state index is 0.0183. The highest BCUT2D eigenvalue weighted by Crippen LogP contribution is 2.54. The van der Waals surface area contributed by atoms with Crippen LogP contribution in [0.4, 0.5) is 0 Å². The van der Waals surface area contributed by atoms with Gasteiger partial charge in [0.25, 0.3) is 0 Å². The molecule has 3 unspecified atom stereocenters. The minimum Gasteiger partial charge on any atom is -0.479 e. The van der Waals surface area contributed by atoms with Crippen LogP contribution in [-0.2, 0) is 9.59 Å². The van der Waals surface area contributed by atoms with E-state index in [2.05, 4.69) is 5.32 Å². The average Bonchev–Trinajstić information content (AvgIpc) is 2.85. The lowest BCUT2D eigenvalue weighted by molar-refractivity contribution is -0.147. The first-order valence-corrected chi connectivity index (χ1v) is 5.76. The molecular formula is C11H17NO4. The van der Waals surface area contributed by atoms with Crippen LogP contribution in [0.5, 0.6) is 0 Å². The Morgan fingerprint density at radius 2 is 1.88 bits per heavy atom. The number of carboxylic acids is 1. The third-order valence-corrected chi connectivity index (χ3v) is 3.62. The van der Waals surface area contributed by atoms with Crippen molar-refractivity contribution in [3.05, 3.63) is 0 Å². The van der Waals surface area contributed by atoms with Crippen molar-refractivity contribution in [3.8, 4) is 0 Å². The van der Waals surface area contributed by atoms with E-state index in [1.807, 2.05) is 0 Å². The van der Waals surface area contributed by atoms with Gasteiger partial charge in [0.2, 0.25) is 5.91 Å². The standard InChI is InChI=1S/C11H17NO4/c13-9(11(15)16)1-2-12-10(14)8-4-6-3-7(6)5-8/h6-9,13H,1-5H2,(H,12,14)(H,15,16). The maximum absolute atomic E-state index is 11.6. The quantitative estimate of drug-likeness (QED) is 0.616. The second kappa shape index (κ2) is 4.41. The second-order valence-electron chi connectivity index (χ2n) is 4.86. The summed E-state index contributed by atoms with van der Waals surface area (Å²) in [7, 11) is 0. The van der Waals surface area contributed by atoms with E-state index < -0.39 is 12.1 Å². The summed E-state index contributed by atoms with van der Waals surface area (Å²) in [6.45, 7) is 0.234. The van der Waals surface area contributed by atoms with E-state index in [9.17, 15) is 9.59 Å². The zero-order valence-electron chi connectivity index (χ0n) is 9.06. The summed E-state index contributed by atoms with van der Waals surface area (Å²) < 4.78 is 0. The first-order chi connectivity index (χ1) is 7.58. The lowest BCUT2D eigenvalue weighted by Crippen LogP contribution is -2.33. The third kappa shape index (κ3) is 2.52. The van der Waals surface area contributed by atoms with E-state index in [0.29, 0.717) is 0 Å². The highest BCUT2D eigenvalue weighted by Gasteiger charge is 2.47. The van der Waals surface area contributed by atoms with Gasteiger partial charge in [-0.2, -0.15) is 0 Å². The van der Waals surface area contributed by atoms with Crippen molar-refractivity contribution in [2.45, 2.75) is 31.8 Å². The Morgan fingerprint density at radius 1 is 1.25 bits per heavy atom. The number of amides is 1. The summed E-state index contributed by atoms with van der Waals surface area (Å²) in [4.78, 5) is 21.9. The van der Waals surface area contributed by atoms with Gasteiger partial charge in [-0.05, 0) is 31.1 Å². The molecule has 16 heavy (non-hydrogen) atoms. The monoisotopic (exact) mass is 227 g/mol. The molecule has 0 heterocycles. The maximum atomic E-state index is 11.6. The smallest absolute Gasteiger partial charge is 0.332 e. The van der Waals surface area contributed by atoms with Gasteiger partial charge >= 0.3 is 5.97 Å². The van der Waals surface area contributed by atoms with Gasteiger partial charge in [0.15, 0.2) is 6.10 Å². The fourth-order valence-corrected chi connectivity index (χ4v) is 2.53. The molecule has 0 aromatic carbocycles. The molecule has 2 rings (SSSR count). The normalized spacial score (nSPS) is 32.9. The molecule has 3 N–H and O–H groups in total. The van der Waals surface area contributed by atoms with E-state index in [4.69, 9.17) is 10.2 Å². The molecule has 3 atom stereocenters. The zero-order chi connectivity index (χ0) is 11.7. The predicted molar refractivity (Wildman–Crippen MR) is 55.6 cm³/mol. The fourth-order valence-electron chi connectivity index (χ4n) is 2.53. The van der Waals surface area contributed by atoms with Gasteiger partial charge in [0, 0.05) is 18.9 Å². The molecule has 2 saturated carbocycles. The lowest BCUT2D eigenvalue weighted by atomic mass is 10.0. The van der Waals surface area contributed by atoms with Gasteiger partial charge in [-0.25, -0.2) is 4.79 Å². The number of aliphatic carboxylic acids is 1. The van der Waals surface area contributed by atoms with Crippen LogP contribution in [-0.4, -0.2) is 34.7 Å². The number of carbonyl (C=O) groups excluding carboxylic acids is 1. The Labute approximate surface area is 93.8 Å². The van der Waals surface area contributed by atoms with Crippen LogP contribution < -0.4 is 5.32 Å². The highest BCUT2D eigenvalue weighted by molar-refractivity contribution is 5.79.